The van der Waals surface area contributed by atoms with Crippen molar-refractivity contribution < 1.29 is 9.47 Å². The lowest BCUT2D eigenvalue weighted by Crippen LogP contribution is -2.48. The van der Waals surface area contributed by atoms with Gasteiger partial charge in [-0.05, 0) is 39.2 Å². The van der Waals surface area contributed by atoms with Crippen LogP contribution in [0, 0.1) is 6.92 Å². The molecule has 1 aromatic rings. The molecule has 2 aliphatic rings. The van der Waals surface area contributed by atoms with Crippen molar-refractivity contribution in [1.82, 2.24) is 5.32 Å². The molecule has 0 aromatic heterocycles. The van der Waals surface area contributed by atoms with Crippen molar-refractivity contribution in [3.63, 3.8) is 0 Å². The van der Waals surface area contributed by atoms with Gasteiger partial charge in [-0.15, -0.1) is 0 Å². The molecule has 3 nitrogen and oxygen atoms in total. The first kappa shape index (κ1) is 13.9. The molecule has 1 fully saturated rings. The summed E-state index contributed by atoms with van der Waals surface area (Å²) in [5, 5.41) is 3.78. The Morgan fingerprint density at radius 2 is 2.20 bits per heavy atom. The average molecular weight is 275 g/mol. The van der Waals surface area contributed by atoms with Gasteiger partial charge in [0, 0.05) is 30.7 Å². The molecule has 2 heterocycles. The molecule has 2 aliphatic heterocycles. The maximum atomic E-state index is 5.96. The van der Waals surface area contributed by atoms with Gasteiger partial charge in [0.15, 0.2) is 0 Å². The first-order valence-corrected chi connectivity index (χ1v) is 7.72. The first-order valence-electron chi connectivity index (χ1n) is 7.72. The monoisotopic (exact) mass is 275 g/mol. The summed E-state index contributed by atoms with van der Waals surface area (Å²) in [6.07, 6.45) is 3.34. The minimum absolute atomic E-state index is 0.0255. The molecule has 0 spiro atoms. The molecular weight excluding hydrogens is 250 g/mol. The largest absolute Gasteiger partial charge is 0.493 e. The Labute approximate surface area is 121 Å². The van der Waals surface area contributed by atoms with E-state index in [9.17, 15) is 0 Å². The van der Waals surface area contributed by atoms with E-state index >= 15 is 0 Å². The third-order valence-corrected chi connectivity index (χ3v) is 4.89. The van der Waals surface area contributed by atoms with Gasteiger partial charge < -0.3 is 14.8 Å². The second-order valence-electron chi connectivity index (χ2n) is 6.34. The van der Waals surface area contributed by atoms with Crippen LogP contribution in [0.25, 0.3) is 0 Å². The number of aryl methyl sites for hydroxylation is 1. The van der Waals surface area contributed by atoms with E-state index in [2.05, 4.69) is 44.3 Å². The van der Waals surface area contributed by atoms with Crippen molar-refractivity contribution in [2.45, 2.75) is 57.7 Å². The van der Waals surface area contributed by atoms with E-state index < -0.39 is 0 Å². The summed E-state index contributed by atoms with van der Waals surface area (Å²) in [7, 11) is 0. The molecule has 1 aromatic carbocycles. The lowest BCUT2D eigenvalue weighted by Gasteiger charge is -2.36. The highest BCUT2D eigenvalue weighted by molar-refractivity contribution is 5.43. The zero-order chi connectivity index (χ0) is 14.2. The van der Waals surface area contributed by atoms with Crippen LogP contribution in [0.5, 0.6) is 5.75 Å². The van der Waals surface area contributed by atoms with E-state index in [1.807, 2.05) is 0 Å². The highest BCUT2D eigenvalue weighted by atomic mass is 16.5. The molecule has 0 aliphatic carbocycles. The normalized spacial score (nSPS) is 30.6. The molecule has 0 saturated carbocycles. The molecular formula is C17H25NO2. The fourth-order valence-corrected chi connectivity index (χ4v) is 3.37. The molecule has 20 heavy (non-hydrogen) atoms. The molecule has 0 bridgehead atoms. The molecule has 3 heteroatoms. The first-order chi connectivity index (χ1) is 9.60. The molecule has 3 rings (SSSR count). The van der Waals surface area contributed by atoms with Crippen LogP contribution in [-0.2, 0) is 4.74 Å². The maximum Gasteiger partial charge on any atom is 0.126 e. The van der Waals surface area contributed by atoms with E-state index in [0.717, 1.165) is 31.8 Å². The van der Waals surface area contributed by atoms with Crippen LogP contribution in [0.15, 0.2) is 18.2 Å². The summed E-state index contributed by atoms with van der Waals surface area (Å²) in [5.74, 6) is 1.07. The van der Waals surface area contributed by atoms with Crippen molar-refractivity contribution in [3.05, 3.63) is 29.3 Å². The second kappa shape index (κ2) is 5.38. The molecule has 110 valence electrons. The van der Waals surface area contributed by atoms with Crippen LogP contribution < -0.4 is 10.1 Å². The van der Waals surface area contributed by atoms with Gasteiger partial charge in [0.2, 0.25) is 0 Å². The minimum Gasteiger partial charge on any atom is -0.493 e. The molecule has 1 saturated heterocycles. The number of hydrogen-bond acceptors (Lipinski definition) is 3. The van der Waals surface area contributed by atoms with Gasteiger partial charge >= 0.3 is 0 Å². The van der Waals surface area contributed by atoms with Crippen molar-refractivity contribution >= 4 is 0 Å². The number of rotatable bonds is 3. The predicted molar refractivity (Wildman–Crippen MR) is 80.2 cm³/mol. The highest BCUT2D eigenvalue weighted by Crippen LogP contribution is 2.36. The van der Waals surface area contributed by atoms with E-state index in [1.54, 1.807) is 0 Å². The Balaban J connectivity index is 1.78. The summed E-state index contributed by atoms with van der Waals surface area (Å²) < 4.78 is 11.8. The minimum atomic E-state index is -0.0255. The summed E-state index contributed by atoms with van der Waals surface area (Å²) in [6.45, 7) is 8.28. The van der Waals surface area contributed by atoms with Crippen LogP contribution in [0.3, 0.4) is 0 Å². The molecule has 0 amide bonds. The zero-order valence-electron chi connectivity index (χ0n) is 12.7. The quantitative estimate of drug-likeness (QED) is 0.917. The zero-order valence-corrected chi connectivity index (χ0v) is 12.7. The molecule has 0 radical (unpaired) electrons. The lowest BCUT2D eigenvalue weighted by molar-refractivity contribution is -0.0109. The van der Waals surface area contributed by atoms with Crippen molar-refractivity contribution in [3.8, 4) is 5.75 Å². The Bertz CT molecular complexity index is 480. The van der Waals surface area contributed by atoms with Crippen LogP contribution in [0.2, 0.25) is 0 Å². The maximum absolute atomic E-state index is 5.96. The second-order valence-corrected chi connectivity index (χ2v) is 6.34. The third kappa shape index (κ3) is 2.45. The van der Waals surface area contributed by atoms with Gasteiger partial charge in [-0.3, -0.25) is 0 Å². The Morgan fingerprint density at radius 1 is 1.35 bits per heavy atom. The Morgan fingerprint density at radius 3 is 2.95 bits per heavy atom. The third-order valence-electron chi connectivity index (χ3n) is 4.89. The van der Waals surface area contributed by atoms with E-state index in [1.165, 1.54) is 17.5 Å². The topological polar surface area (TPSA) is 30.5 Å². The van der Waals surface area contributed by atoms with Crippen LogP contribution in [-0.4, -0.2) is 24.9 Å². The average Bonchev–Trinajstić information content (AvgIpc) is 2.88. The lowest BCUT2D eigenvalue weighted by atomic mass is 9.91. The summed E-state index contributed by atoms with van der Waals surface area (Å²) in [4.78, 5) is 0. The van der Waals surface area contributed by atoms with Gasteiger partial charge in [0.25, 0.3) is 0 Å². The number of para-hydroxylation sites is 1. The van der Waals surface area contributed by atoms with E-state index in [4.69, 9.17) is 9.47 Å². The molecule has 0 unspecified atom stereocenters. The standard InChI is InChI=1S/C17H25NO2/c1-12-6-4-7-14-15(8-11-19-16(12)14)18-13(2)17(3)9-5-10-20-17/h4,6-7,13,15,18H,5,8-11H2,1-3H3/t13-,15+,17-/m1/s1. The smallest absolute Gasteiger partial charge is 0.126 e. The molecule has 1 N–H and O–H groups in total. The van der Waals surface area contributed by atoms with Crippen LogP contribution in [0.4, 0.5) is 0 Å². The number of ether oxygens (including phenoxy) is 2. The van der Waals surface area contributed by atoms with Crippen molar-refractivity contribution in [1.29, 1.82) is 0 Å². The van der Waals surface area contributed by atoms with Gasteiger partial charge in [0.1, 0.15) is 5.75 Å². The predicted octanol–water partition coefficient (Wildman–Crippen LogP) is 3.37. The number of hydrogen-bond donors (Lipinski definition) is 1. The van der Waals surface area contributed by atoms with Crippen LogP contribution in [0.1, 0.15) is 50.3 Å². The summed E-state index contributed by atoms with van der Waals surface area (Å²) in [6, 6.07) is 7.14. The highest BCUT2D eigenvalue weighted by Gasteiger charge is 2.37. The fourth-order valence-electron chi connectivity index (χ4n) is 3.37. The van der Waals surface area contributed by atoms with Gasteiger partial charge in [-0.25, -0.2) is 0 Å². The van der Waals surface area contributed by atoms with Gasteiger partial charge in [-0.1, -0.05) is 18.2 Å². The Hall–Kier alpha value is -1.06. The van der Waals surface area contributed by atoms with Crippen LogP contribution >= 0.6 is 0 Å². The fraction of sp³-hybridized carbons (Fsp3) is 0.647. The summed E-state index contributed by atoms with van der Waals surface area (Å²) in [5.41, 5.74) is 2.50. The van der Waals surface area contributed by atoms with E-state index in [-0.39, 0.29) is 5.60 Å². The van der Waals surface area contributed by atoms with Crippen molar-refractivity contribution in [2.75, 3.05) is 13.2 Å². The number of fused-ring (bicyclic) bond motifs is 1. The number of nitrogens with one attached hydrogen (secondary N) is 1. The summed E-state index contributed by atoms with van der Waals surface area (Å²) >= 11 is 0. The Kier molecular flexibility index (Phi) is 3.74. The van der Waals surface area contributed by atoms with Crippen molar-refractivity contribution in [2.24, 2.45) is 0 Å². The number of benzene rings is 1. The van der Waals surface area contributed by atoms with E-state index in [0.29, 0.717) is 12.1 Å². The SMILES string of the molecule is Cc1cccc2c1OCC[C@@H]2N[C@H](C)[C@@]1(C)CCCO1. The molecule has 3 atom stereocenters. The van der Waals surface area contributed by atoms with Gasteiger partial charge in [-0.2, -0.15) is 0 Å². The van der Waals surface area contributed by atoms with Gasteiger partial charge in [0.05, 0.1) is 12.2 Å².